The number of methoxy groups -OCH3 is 3. The Morgan fingerprint density at radius 2 is 1.78 bits per heavy atom. The van der Waals surface area contributed by atoms with Gasteiger partial charge in [0.15, 0.2) is 11.5 Å². The summed E-state index contributed by atoms with van der Waals surface area (Å²) in [5, 5.41) is 0. The molecule has 0 N–H and O–H groups in total. The molecule has 2 saturated carbocycles. The molecule has 0 aliphatic heterocycles. The van der Waals surface area contributed by atoms with Crippen LogP contribution >= 0.6 is 0 Å². The number of aromatic nitrogens is 2. The van der Waals surface area contributed by atoms with Crippen LogP contribution in [0.2, 0.25) is 0 Å². The van der Waals surface area contributed by atoms with E-state index >= 15 is 0 Å². The highest BCUT2D eigenvalue weighted by Gasteiger charge is 2.56. The molecule has 2 aromatic rings. The molecule has 4 rings (SSSR count). The number of hydrogen-bond donors (Lipinski definition) is 0. The Morgan fingerprint density at radius 1 is 1.04 bits per heavy atom. The number of imidazole rings is 1. The molecule has 0 bridgehead atoms. The summed E-state index contributed by atoms with van der Waals surface area (Å²) in [4.78, 5) is 4.63. The summed E-state index contributed by atoms with van der Waals surface area (Å²) in [6, 6.07) is 3.91. The van der Waals surface area contributed by atoms with Gasteiger partial charge in [0.05, 0.1) is 26.9 Å². The van der Waals surface area contributed by atoms with E-state index in [-0.39, 0.29) is 5.54 Å². The Hall–Kier alpha value is -2.17. The van der Waals surface area contributed by atoms with Crippen molar-refractivity contribution in [1.82, 2.24) is 9.55 Å². The molecule has 0 atom stereocenters. The van der Waals surface area contributed by atoms with Gasteiger partial charge in [-0.05, 0) is 43.7 Å². The maximum atomic E-state index is 5.64. The summed E-state index contributed by atoms with van der Waals surface area (Å²) in [7, 11) is 4.91. The Bertz CT molecular complexity index is 730. The van der Waals surface area contributed by atoms with Crippen molar-refractivity contribution in [3.63, 3.8) is 0 Å². The van der Waals surface area contributed by atoms with Crippen LogP contribution in [0, 0.1) is 5.92 Å². The first-order valence-corrected chi connectivity index (χ1v) is 8.08. The van der Waals surface area contributed by atoms with Gasteiger partial charge in [0.25, 0.3) is 0 Å². The van der Waals surface area contributed by atoms with Crippen LogP contribution in [0.1, 0.15) is 25.7 Å². The van der Waals surface area contributed by atoms with Crippen LogP contribution < -0.4 is 14.2 Å². The molecule has 5 heteroatoms. The molecule has 0 radical (unpaired) electrons. The van der Waals surface area contributed by atoms with E-state index in [1.165, 1.54) is 25.7 Å². The molecule has 0 saturated heterocycles. The largest absolute Gasteiger partial charge is 0.493 e. The number of rotatable bonds is 6. The van der Waals surface area contributed by atoms with E-state index in [0.717, 1.165) is 17.3 Å². The van der Waals surface area contributed by atoms with Crippen LogP contribution in [-0.2, 0) is 5.54 Å². The van der Waals surface area contributed by atoms with Crippen LogP contribution in [0.4, 0.5) is 0 Å². The van der Waals surface area contributed by atoms with Crippen molar-refractivity contribution in [3.8, 4) is 28.6 Å². The van der Waals surface area contributed by atoms with Gasteiger partial charge < -0.3 is 18.8 Å². The zero-order valence-electron chi connectivity index (χ0n) is 13.8. The SMILES string of the molecule is COc1ccc(-c2nccn2C2(C3CC3)CC2)c(OC)c1OC. The number of nitrogens with zero attached hydrogens (tertiary/aromatic N) is 2. The van der Waals surface area contributed by atoms with Gasteiger partial charge in [-0.15, -0.1) is 0 Å². The fraction of sp³-hybridized carbons (Fsp3) is 0.500. The van der Waals surface area contributed by atoms with E-state index in [1.807, 2.05) is 18.3 Å². The molecule has 122 valence electrons. The highest BCUT2D eigenvalue weighted by molar-refractivity contribution is 5.73. The number of benzene rings is 1. The number of ether oxygens (including phenoxy) is 3. The Labute approximate surface area is 136 Å². The molecule has 1 aromatic heterocycles. The summed E-state index contributed by atoms with van der Waals surface area (Å²) >= 11 is 0. The van der Waals surface area contributed by atoms with Crippen molar-refractivity contribution in [2.45, 2.75) is 31.2 Å². The summed E-state index contributed by atoms with van der Waals surface area (Å²) in [5.74, 6) is 3.70. The Kier molecular flexibility index (Phi) is 3.25. The maximum Gasteiger partial charge on any atom is 0.204 e. The first-order valence-electron chi connectivity index (χ1n) is 8.08. The number of hydrogen-bond acceptors (Lipinski definition) is 4. The van der Waals surface area contributed by atoms with Gasteiger partial charge in [0, 0.05) is 17.9 Å². The molecule has 23 heavy (non-hydrogen) atoms. The van der Waals surface area contributed by atoms with Crippen LogP contribution in [0.3, 0.4) is 0 Å². The fourth-order valence-electron chi connectivity index (χ4n) is 3.73. The van der Waals surface area contributed by atoms with E-state index < -0.39 is 0 Å². The van der Waals surface area contributed by atoms with E-state index in [9.17, 15) is 0 Å². The van der Waals surface area contributed by atoms with Crippen molar-refractivity contribution < 1.29 is 14.2 Å². The first kappa shape index (κ1) is 14.4. The Balaban J connectivity index is 1.85. The quantitative estimate of drug-likeness (QED) is 0.819. The minimum Gasteiger partial charge on any atom is -0.493 e. The highest BCUT2D eigenvalue weighted by Crippen LogP contribution is 2.60. The van der Waals surface area contributed by atoms with Crippen molar-refractivity contribution >= 4 is 0 Å². The van der Waals surface area contributed by atoms with Crippen molar-refractivity contribution in [1.29, 1.82) is 0 Å². The summed E-state index contributed by atoms with van der Waals surface area (Å²) in [6.45, 7) is 0. The molecule has 2 fully saturated rings. The van der Waals surface area contributed by atoms with E-state index in [1.54, 1.807) is 21.3 Å². The van der Waals surface area contributed by atoms with Crippen LogP contribution in [0.15, 0.2) is 24.5 Å². The molecule has 0 amide bonds. The molecule has 1 aromatic carbocycles. The lowest BCUT2D eigenvalue weighted by molar-refractivity contribution is 0.324. The van der Waals surface area contributed by atoms with Gasteiger partial charge in [0.1, 0.15) is 5.82 Å². The minimum atomic E-state index is 0.282. The van der Waals surface area contributed by atoms with Gasteiger partial charge in [-0.1, -0.05) is 0 Å². The van der Waals surface area contributed by atoms with Crippen molar-refractivity contribution in [2.75, 3.05) is 21.3 Å². The van der Waals surface area contributed by atoms with E-state index in [4.69, 9.17) is 14.2 Å². The second kappa shape index (κ2) is 5.18. The zero-order chi connectivity index (χ0) is 16.0. The third-order valence-corrected chi connectivity index (χ3v) is 5.17. The average Bonchev–Trinajstić information content (AvgIpc) is 3.50. The fourth-order valence-corrected chi connectivity index (χ4v) is 3.73. The van der Waals surface area contributed by atoms with Gasteiger partial charge in [-0.3, -0.25) is 0 Å². The van der Waals surface area contributed by atoms with Gasteiger partial charge in [-0.2, -0.15) is 0 Å². The lowest BCUT2D eigenvalue weighted by Crippen LogP contribution is -2.19. The van der Waals surface area contributed by atoms with Crippen LogP contribution in [0.5, 0.6) is 17.2 Å². The average molecular weight is 314 g/mol. The van der Waals surface area contributed by atoms with E-state index in [0.29, 0.717) is 17.2 Å². The van der Waals surface area contributed by atoms with E-state index in [2.05, 4.69) is 15.7 Å². The zero-order valence-corrected chi connectivity index (χ0v) is 13.8. The van der Waals surface area contributed by atoms with Gasteiger partial charge in [0.2, 0.25) is 5.75 Å². The lowest BCUT2D eigenvalue weighted by atomic mass is 10.1. The second-order valence-corrected chi connectivity index (χ2v) is 6.38. The summed E-state index contributed by atoms with van der Waals surface area (Å²) < 4.78 is 18.9. The first-order chi connectivity index (χ1) is 11.2. The highest BCUT2D eigenvalue weighted by atomic mass is 16.5. The normalized spacial score (nSPS) is 18.6. The van der Waals surface area contributed by atoms with Crippen molar-refractivity contribution in [3.05, 3.63) is 24.5 Å². The Morgan fingerprint density at radius 3 is 2.35 bits per heavy atom. The molecular formula is C18H22N2O3. The van der Waals surface area contributed by atoms with Crippen LogP contribution in [0.25, 0.3) is 11.4 Å². The maximum absolute atomic E-state index is 5.64. The molecule has 1 heterocycles. The predicted octanol–water partition coefficient (Wildman–Crippen LogP) is 3.48. The standard InChI is InChI=1S/C18H22N2O3/c1-21-14-7-6-13(15(22-2)16(14)23-3)17-19-10-11-20(17)18(8-9-18)12-4-5-12/h6-7,10-12H,4-5,8-9H2,1-3H3. The lowest BCUT2D eigenvalue weighted by Gasteiger charge is -2.21. The molecular weight excluding hydrogens is 292 g/mol. The molecule has 5 nitrogen and oxygen atoms in total. The third kappa shape index (κ3) is 2.10. The molecule has 2 aliphatic carbocycles. The summed E-state index contributed by atoms with van der Waals surface area (Å²) in [5.41, 5.74) is 1.23. The molecule has 0 spiro atoms. The second-order valence-electron chi connectivity index (χ2n) is 6.38. The predicted molar refractivity (Wildman–Crippen MR) is 87.3 cm³/mol. The molecule has 2 aliphatic rings. The molecule has 0 unspecified atom stereocenters. The van der Waals surface area contributed by atoms with Crippen molar-refractivity contribution in [2.24, 2.45) is 5.92 Å². The van der Waals surface area contributed by atoms with Gasteiger partial charge in [-0.25, -0.2) is 4.98 Å². The van der Waals surface area contributed by atoms with Crippen LogP contribution in [-0.4, -0.2) is 30.9 Å². The third-order valence-electron chi connectivity index (χ3n) is 5.17. The monoisotopic (exact) mass is 314 g/mol. The van der Waals surface area contributed by atoms with Gasteiger partial charge >= 0.3 is 0 Å². The summed E-state index contributed by atoms with van der Waals surface area (Å²) in [6.07, 6.45) is 9.15. The smallest absolute Gasteiger partial charge is 0.204 e. The minimum absolute atomic E-state index is 0.282. The topological polar surface area (TPSA) is 45.5 Å².